The standard InChI is InChI=1S/C24H30N2O/c1-17-18-13-14-22(17)26(2)21(15-18)16-24(23(25)27,19-9-5-3-6-10-19)20-11-7-4-8-12-20/h3-12,17-18,21-22H,13-16H2,1-2H3,(H2,25,27). The summed E-state index contributed by atoms with van der Waals surface area (Å²) in [6.07, 6.45) is 4.49. The molecule has 27 heavy (non-hydrogen) atoms. The van der Waals surface area contributed by atoms with Crippen LogP contribution in [0.25, 0.3) is 0 Å². The van der Waals surface area contributed by atoms with Crippen molar-refractivity contribution in [1.82, 2.24) is 4.90 Å². The van der Waals surface area contributed by atoms with Crippen LogP contribution in [-0.2, 0) is 10.2 Å². The lowest BCUT2D eigenvalue weighted by molar-refractivity contribution is -0.123. The van der Waals surface area contributed by atoms with Crippen LogP contribution in [0.5, 0.6) is 0 Å². The van der Waals surface area contributed by atoms with Gasteiger partial charge in [0.25, 0.3) is 0 Å². The number of carbonyl (C=O) groups is 1. The van der Waals surface area contributed by atoms with E-state index in [9.17, 15) is 4.79 Å². The highest BCUT2D eigenvalue weighted by Crippen LogP contribution is 2.47. The quantitative estimate of drug-likeness (QED) is 0.875. The van der Waals surface area contributed by atoms with Gasteiger partial charge in [-0.15, -0.1) is 0 Å². The van der Waals surface area contributed by atoms with E-state index in [2.05, 4.69) is 43.1 Å². The van der Waals surface area contributed by atoms with Crippen molar-refractivity contribution in [2.45, 2.75) is 50.1 Å². The van der Waals surface area contributed by atoms with Gasteiger partial charge in [-0.25, -0.2) is 0 Å². The molecule has 2 bridgehead atoms. The second kappa shape index (κ2) is 7.12. The minimum atomic E-state index is -0.790. The van der Waals surface area contributed by atoms with Crippen molar-refractivity contribution in [2.24, 2.45) is 17.6 Å². The first-order valence-corrected chi connectivity index (χ1v) is 10.2. The number of hydrogen-bond donors (Lipinski definition) is 1. The number of piperidine rings is 1. The Hall–Kier alpha value is -2.13. The maximum absolute atomic E-state index is 13.0. The highest BCUT2D eigenvalue weighted by Gasteiger charge is 2.49. The number of rotatable bonds is 5. The molecule has 2 fully saturated rings. The Morgan fingerprint density at radius 2 is 1.59 bits per heavy atom. The highest BCUT2D eigenvalue weighted by atomic mass is 16.1. The minimum Gasteiger partial charge on any atom is -0.369 e. The fourth-order valence-electron chi connectivity index (χ4n) is 5.73. The van der Waals surface area contributed by atoms with E-state index in [1.54, 1.807) is 0 Å². The molecular weight excluding hydrogens is 332 g/mol. The molecular formula is C24H30N2O. The molecule has 1 aliphatic heterocycles. The summed E-state index contributed by atoms with van der Waals surface area (Å²) in [5.41, 5.74) is 7.37. The smallest absolute Gasteiger partial charge is 0.232 e. The van der Waals surface area contributed by atoms with E-state index in [1.165, 1.54) is 12.8 Å². The summed E-state index contributed by atoms with van der Waals surface area (Å²) in [4.78, 5) is 15.6. The lowest BCUT2D eigenvalue weighted by Gasteiger charge is -2.46. The third-order valence-electron chi connectivity index (χ3n) is 7.35. The first kappa shape index (κ1) is 18.2. The average molecular weight is 363 g/mol. The van der Waals surface area contributed by atoms with E-state index in [4.69, 9.17) is 5.73 Å². The van der Waals surface area contributed by atoms with Crippen molar-refractivity contribution in [3.8, 4) is 0 Å². The maximum Gasteiger partial charge on any atom is 0.232 e. The van der Waals surface area contributed by atoms with Crippen LogP contribution in [0.15, 0.2) is 60.7 Å². The van der Waals surface area contributed by atoms with E-state index in [1.807, 2.05) is 36.4 Å². The number of carbonyl (C=O) groups excluding carboxylic acids is 1. The highest BCUT2D eigenvalue weighted by molar-refractivity contribution is 5.91. The summed E-state index contributed by atoms with van der Waals surface area (Å²) in [6, 6.07) is 21.2. The molecule has 4 rings (SSSR count). The summed E-state index contributed by atoms with van der Waals surface area (Å²) in [6.45, 7) is 2.39. The number of nitrogens with two attached hydrogens (primary N) is 1. The number of fused-ring (bicyclic) bond motifs is 2. The number of nitrogens with zero attached hydrogens (tertiary/aromatic N) is 1. The normalized spacial score (nSPS) is 28.2. The lowest BCUT2D eigenvalue weighted by Crippen LogP contribution is -2.53. The minimum absolute atomic E-state index is 0.251. The van der Waals surface area contributed by atoms with Crippen molar-refractivity contribution in [3.63, 3.8) is 0 Å². The first-order valence-electron chi connectivity index (χ1n) is 10.2. The van der Waals surface area contributed by atoms with Crippen LogP contribution in [-0.4, -0.2) is 29.9 Å². The van der Waals surface area contributed by atoms with Crippen LogP contribution in [0, 0.1) is 11.8 Å². The van der Waals surface area contributed by atoms with Crippen molar-refractivity contribution in [3.05, 3.63) is 71.8 Å². The monoisotopic (exact) mass is 362 g/mol. The Morgan fingerprint density at radius 1 is 1.04 bits per heavy atom. The molecule has 0 radical (unpaired) electrons. The molecule has 3 nitrogen and oxygen atoms in total. The Bertz CT molecular complexity index is 749. The van der Waals surface area contributed by atoms with Crippen LogP contribution in [0.2, 0.25) is 0 Å². The van der Waals surface area contributed by atoms with Crippen LogP contribution in [0.3, 0.4) is 0 Å². The number of benzene rings is 2. The van der Waals surface area contributed by atoms with Crippen LogP contribution in [0.1, 0.15) is 43.7 Å². The molecule has 4 atom stereocenters. The fourth-order valence-corrected chi connectivity index (χ4v) is 5.73. The second-order valence-electron chi connectivity index (χ2n) is 8.52. The average Bonchev–Trinajstić information content (AvgIpc) is 2.96. The van der Waals surface area contributed by atoms with E-state index in [0.717, 1.165) is 35.8 Å². The van der Waals surface area contributed by atoms with Gasteiger partial charge in [0.1, 0.15) is 5.41 Å². The van der Waals surface area contributed by atoms with Gasteiger partial charge in [-0.05, 0) is 55.7 Å². The fraction of sp³-hybridized carbons (Fsp3) is 0.458. The Labute approximate surface area is 162 Å². The Morgan fingerprint density at radius 3 is 2.11 bits per heavy atom. The molecule has 0 aromatic heterocycles. The largest absolute Gasteiger partial charge is 0.369 e. The van der Waals surface area contributed by atoms with Gasteiger partial charge in [-0.3, -0.25) is 4.79 Å². The molecule has 2 N–H and O–H groups in total. The van der Waals surface area contributed by atoms with Crippen molar-refractivity contribution < 1.29 is 4.79 Å². The van der Waals surface area contributed by atoms with Crippen LogP contribution < -0.4 is 5.73 Å². The predicted octanol–water partition coefficient (Wildman–Crippen LogP) is 3.97. The van der Waals surface area contributed by atoms with Crippen LogP contribution >= 0.6 is 0 Å². The van der Waals surface area contributed by atoms with E-state index in [0.29, 0.717) is 12.1 Å². The summed E-state index contributed by atoms with van der Waals surface area (Å²) in [5, 5.41) is 0. The van der Waals surface area contributed by atoms with E-state index < -0.39 is 5.41 Å². The zero-order valence-electron chi connectivity index (χ0n) is 16.3. The molecule has 1 heterocycles. The predicted molar refractivity (Wildman–Crippen MR) is 109 cm³/mol. The lowest BCUT2D eigenvalue weighted by atomic mass is 9.67. The molecule has 3 heteroatoms. The van der Waals surface area contributed by atoms with Gasteiger partial charge in [0.15, 0.2) is 0 Å². The second-order valence-corrected chi connectivity index (χ2v) is 8.52. The molecule has 142 valence electrons. The van der Waals surface area contributed by atoms with Crippen molar-refractivity contribution >= 4 is 5.91 Å². The molecule has 1 saturated heterocycles. The third-order valence-corrected chi connectivity index (χ3v) is 7.35. The molecule has 0 spiro atoms. The maximum atomic E-state index is 13.0. The topological polar surface area (TPSA) is 46.3 Å². The number of amides is 1. The first-order chi connectivity index (χ1) is 13.0. The molecule has 1 aliphatic carbocycles. The number of hydrogen-bond acceptors (Lipinski definition) is 2. The van der Waals surface area contributed by atoms with Gasteiger partial charge in [0, 0.05) is 12.1 Å². The van der Waals surface area contributed by atoms with Gasteiger partial charge in [-0.2, -0.15) is 0 Å². The SMILES string of the molecule is CC1C2CCC1N(C)C(CC(C(N)=O)(c1ccccc1)c1ccccc1)C2. The zero-order valence-corrected chi connectivity index (χ0v) is 16.3. The van der Waals surface area contributed by atoms with Gasteiger partial charge in [0.05, 0.1) is 0 Å². The molecule has 1 saturated carbocycles. The summed E-state index contributed by atoms with van der Waals surface area (Å²) >= 11 is 0. The van der Waals surface area contributed by atoms with Crippen molar-refractivity contribution in [1.29, 1.82) is 0 Å². The molecule has 4 unspecified atom stereocenters. The van der Waals surface area contributed by atoms with Gasteiger partial charge >= 0.3 is 0 Å². The summed E-state index contributed by atoms with van der Waals surface area (Å²) in [7, 11) is 2.25. The van der Waals surface area contributed by atoms with Gasteiger partial charge in [0.2, 0.25) is 5.91 Å². The Kier molecular flexibility index (Phi) is 4.81. The molecule has 1 amide bonds. The number of primary amides is 1. The van der Waals surface area contributed by atoms with Gasteiger partial charge in [-0.1, -0.05) is 67.6 Å². The van der Waals surface area contributed by atoms with Crippen LogP contribution in [0.4, 0.5) is 0 Å². The third kappa shape index (κ3) is 2.98. The summed E-state index contributed by atoms with van der Waals surface area (Å²) < 4.78 is 0. The summed E-state index contributed by atoms with van der Waals surface area (Å²) in [5.74, 6) is 1.27. The Balaban J connectivity index is 1.78. The zero-order chi connectivity index (χ0) is 19.0. The molecule has 2 aromatic carbocycles. The molecule has 2 aromatic rings. The van der Waals surface area contributed by atoms with E-state index in [-0.39, 0.29) is 5.91 Å². The van der Waals surface area contributed by atoms with Gasteiger partial charge < -0.3 is 10.6 Å². The molecule has 2 aliphatic rings. The number of likely N-dealkylation sites (tertiary alicyclic amines) is 1. The van der Waals surface area contributed by atoms with Crippen molar-refractivity contribution in [2.75, 3.05) is 7.05 Å². The van der Waals surface area contributed by atoms with E-state index >= 15 is 0 Å².